The van der Waals surface area contributed by atoms with Crippen molar-refractivity contribution in [1.82, 2.24) is 0 Å². The van der Waals surface area contributed by atoms with Gasteiger partial charge in [0.25, 0.3) is 0 Å². The molecule has 0 bridgehead atoms. The van der Waals surface area contributed by atoms with Crippen LogP contribution in [0.3, 0.4) is 0 Å². The van der Waals surface area contributed by atoms with E-state index in [1.807, 2.05) is 20.8 Å². The largest absolute Gasteiger partial charge is 0.507 e. The summed E-state index contributed by atoms with van der Waals surface area (Å²) in [6.45, 7) is 5.49. The number of carboxylic acid groups (broad SMARTS) is 1. The Kier molecular flexibility index (Phi) is 4.16. The molecule has 0 aromatic heterocycles. The van der Waals surface area contributed by atoms with E-state index in [4.69, 9.17) is 10.8 Å². The first kappa shape index (κ1) is 15.0. The highest BCUT2D eigenvalue weighted by atomic mass is 16.4. The van der Waals surface area contributed by atoms with Crippen molar-refractivity contribution in [3.8, 4) is 5.75 Å². The number of amides is 1. The molecule has 5 N–H and O–H groups in total. The van der Waals surface area contributed by atoms with E-state index in [0.717, 1.165) is 0 Å². The maximum absolute atomic E-state index is 11.9. The predicted octanol–water partition coefficient (Wildman–Crippen LogP) is 1.40. The SMILES string of the molecule is CC(C)(C)C(N)C(=O)Nc1ccc(O)c(C(=O)O)c1. The fraction of sp³-hybridized carbons (Fsp3) is 0.385. The summed E-state index contributed by atoms with van der Waals surface area (Å²) in [5.74, 6) is -2.03. The second-order valence-corrected chi connectivity index (χ2v) is 5.37. The molecule has 0 aliphatic rings. The standard InChI is InChI=1S/C13H18N2O4/c1-13(2,3)10(14)11(17)15-7-4-5-9(16)8(6-7)12(18)19/h4-6,10,16H,14H2,1-3H3,(H,15,17)(H,18,19). The smallest absolute Gasteiger partial charge is 0.339 e. The van der Waals surface area contributed by atoms with E-state index in [-0.39, 0.29) is 17.0 Å². The molecule has 0 aliphatic heterocycles. The zero-order valence-electron chi connectivity index (χ0n) is 11.1. The minimum atomic E-state index is -1.27. The first-order chi connectivity index (χ1) is 8.62. The van der Waals surface area contributed by atoms with E-state index in [2.05, 4.69) is 5.32 Å². The Morgan fingerprint density at radius 2 is 1.89 bits per heavy atom. The second-order valence-electron chi connectivity index (χ2n) is 5.37. The Balaban J connectivity index is 2.92. The Morgan fingerprint density at radius 3 is 2.37 bits per heavy atom. The molecule has 1 aromatic carbocycles. The first-order valence-electron chi connectivity index (χ1n) is 5.75. The molecule has 0 saturated carbocycles. The molecular formula is C13H18N2O4. The summed E-state index contributed by atoms with van der Waals surface area (Å²) in [5, 5.41) is 20.8. The van der Waals surface area contributed by atoms with E-state index in [1.54, 1.807) is 0 Å². The van der Waals surface area contributed by atoms with Gasteiger partial charge in [0, 0.05) is 5.69 Å². The maximum atomic E-state index is 11.9. The van der Waals surface area contributed by atoms with Crippen LogP contribution in [0.5, 0.6) is 5.75 Å². The number of hydrogen-bond acceptors (Lipinski definition) is 4. The highest BCUT2D eigenvalue weighted by molar-refractivity contribution is 5.97. The van der Waals surface area contributed by atoms with Gasteiger partial charge in [-0.25, -0.2) is 4.79 Å². The highest BCUT2D eigenvalue weighted by Gasteiger charge is 2.27. The van der Waals surface area contributed by atoms with E-state index in [1.165, 1.54) is 18.2 Å². The summed E-state index contributed by atoms with van der Waals surface area (Å²) in [7, 11) is 0. The molecule has 1 aromatic rings. The van der Waals surface area contributed by atoms with Gasteiger partial charge in [-0.05, 0) is 23.6 Å². The third kappa shape index (κ3) is 3.69. The average Bonchev–Trinajstić information content (AvgIpc) is 2.29. The lowest BCUT2D eigenvalue weighted by Crippen LogP contribution is -2.45. The van der Waals surface area contributed by atoms with Crippen molar-refractivity contribution < 1.29 is 19.8 Å². The van der Waals surface area contributed by atoms with Crippen LogP contribution in [0.1, 0.15) is 31.1 Å². The molecule has 1 unspecified atom stereocenters. The predicted molar refractivity (Wildman–Crippen MR) is 71.1 cm³/mol. The lowest BCUT2D eigenvalue weighted by Gasteiger charge is -2.25. The van der Waals surface area contributed by atoms with Crippen molar-refractivity contribution >= 4 is 17.6 Å². The van der Waals surface area contributed by atoms with Crippen LogP contribution in [0.25, 0.3) is 0 Å². The normalized spacial score (nSPS) is 12.8. The Bertz CT molecular complexity index is 506. The summed E-state index contributed by atoms with van der Waals surface area (Å²) in [6, 6.07) is 3.08. The van der Waals surface area contributed by atoms with Crippen LogP contribution in [-0.2, 0) is 4.79 Å². The molecule has 1 atom stereocenters. The van der Waals surface area contributed by atoms with Gasteiger partial charge in [0.15, 0.2) is 0 Å². The third-order valence-corrected chi connectivity index (χ3v) is 2.71. The quantitative estimate of drug-likeness (QED) is 0.618. The fourth-order valence-electron chi connectivity index (χ4n) is 1.40. The topological polar surface area (TPSA) is 113 Å². The van der Waals surface area contributed by atoms with Gasteiger partial charge in [-0.2, -0.15) is 0 Å². The van der Waals surface area contributed by atoms with E-state index >= 15 is 0 Å². The van der Waals surface area contributed by atoms with Crippen molar-refractivity contribution in [3.63, 3.8) is 0 Å². The molecule has 0 fully saturated rings. The lowest BCUT2D eigenvalue weighted by atomic mass is 9.87. The number of rotatable bonds is 3. The van der Waals surface area contributed by atoms with Crippen molar-refractivity contribution in [2.24, 2.45) is 11.1 Å². The Morgan fingerprint density at radius 1 is 1.32 bits per heavy atom. The molecular weight excluding hydrogens is 248 g/mol. The van der Waals surface area contributed by atoms with Crippen molar-refractivity contribution in [1.29, 1.82) is 0 Å². The molecule has 0 radical (unpaired) electrons. The lowest BCUT2D eigenvalue weighted by molar-refractivity contribution is -0.119. The fourth-order valence-corrected chi connectivity index (χ4v) is 1.40. The van der Waals surface area contributed by atoms with Crippen LogP contribution in [0.4, 0.5) is 5.69 Å². The molecule has 0 spiro atoms. The van der Waals surface area contributed by atoms with E-state index in [0.29, 0.717) is 0 Å². The first-order valence-corrected chi connectivity index (χ1v) is 5.75. The van der Waals surface area contributed by atoms with Crippen LogP contribution < -0.4 is 11.1 Å². The van der Waals surface area contributed by atoms with Crippen molar-refractivity contribution in [2.45, 2.75) is 26.8 Å². The Hall–Kier alpha value is -2.08. The number of hydrogen-bond donors (Lipinski definition) is 4. The van der Waals surface area contributed by atoms with Crippen LogP contribution in [0.2, 0.25) is 0 Å². The summed E-state index contributed by atoms with van der Waals surface area (Å²) in [4.78, 5) is 22.7. The molecule has 1 rings (SSSR count). The monoisotopic (exact) mass is 266 g/mol. The molecule has 1 amide bonds. The van der Waals surface area contributed by atoms with Gasteiger partial charge in [-0.3, -0.25) is 4.79 Å². The highest BCUT2D eigenvalue weighted by Crippen LogP contribution is 2.23. The summed E-state index contributed by atoms with van der Waals surface area (Å²) < 4.78 is 0. The van der Waals surface area contributed by atoms with E-state index in [9.17, 15) is 14.7 Å². The number of benzene rings is 1. The number of carbonyl (C=O) groups excluding carboxylic acids is 1. The van der Waals surface area contributed by atoms with Gasteiger partial charge in [0.05, 0.1) is 6.04 Å². The molecule has 6 nitrogen and oxygen atoms in total. The third-order valence-electron chi connectivity index (χ3n) is 2.71. The zero-order chi connectivity index (χ0) is 14.8. The molecule has 19 heavy (non-hydrogen) atoms. The number of carbonyl (C=O) groups is 2. The van der Waals surface area contributed by atoms with Crippen molar-refractivity contribution in [2.75, 3.05) is 5.32 Å². The van der Waals surface area contributed by atoms with Crippen LogP contribution in [-0.4, -0.2) is 28.1 Å². The number of nitrogens with one attached hydrogen (secondary N) is 1. The van der Waals surface area contributed by atoms with Crippen LogP contribution in [0.15, 0.2) is 18.2 Å². The van der Waals surface area contributed by atoms with Gasteiger partial charge in [0.2, 0.25) is 5.91 Å². The number of anilines is 1. The minimum Gasteiger partial charge on any atom is -0.507 e. The van der Waals surface area contributed by atoms with E-state index < -0.39 is 23.3 Å². The second kappa shape index (κ2) is 5.27. The zero-order valence-corrected chi connectivity index (χ0v) is 11.1. The molecule has 6 heteroatoms. The van der Waals surface area contributed by atoms with Gasteiger partial charge < -0.3 is 21.3 Å². The van der Waals surface area contributed by atoms with Crippen molar-refractivity contribution in [3.05, 3.63) is 23.8 Å². The Labute approximate surface area is 111 Å². The van der Waals surface area contributed by atoms with Crippen LogP contribution in [0, 0.1) is 5.41 Å². The van der Waals surface area contributed by atoms with Gasteiger partial charge >= 0.3 is 5.97 Å². The van der Waals surface area contributed by atoms with Gasteiger partial charge in [-0.15, -0.1) is 0 Å². The number of aromatic hydroxyl groups is 1. The molecule has 0 heterocycles. The molecule has 0 saturated heterocycles. The molecule has 0 aliphatic carbocycles. The summed E-state index contributed by atoms with van der Waals surface area (Å²) >= 11 is 0. The average molecular weight is 266 g/mol. The summed E-state index contributed by atoms with van der Waals surface area (Å²) in [5.41, 5.74) is 5.39. The number of aromatic carboxylic acids is 1. The van der Waals surface area contributed by atoms with Gasteiger partial charge in [-0.1, -0.05) is 20.8 Å². The number of nitrogens with two attached hydrogens (primary N) is 1. The molecule has 104 valence electrons. The number of phenols is 1. The number of carboxylic acids is 1. The van der Waals surface area contributed by atoms with Gasteiger partial charge in [0.1, 0.15) is 11.3 Å². The minimum absolute atomic E-state index is 0.276. The summed E-state index contributed by atoms with van der Waals surface area (Å²) in [6.07, 6.45) is 0. The van der Waals surface area contributed by atoms with Crippen LogP contribution >= 0.6 is 0 Å². The maximum Gasteiger partial charge on any atom is 0.339 e.